The van der Waals surface area contributed by atoms with Gasteiger partial charge < -0.3 is 14.6 Å². The number of rotatable bonds is 6. The first-order valence-corrected chi connectivity index (χ1v) is 10.3. The van der Waals surface area contributed by atoms with E-state index in [1.165, 1.54) is 12.8 Å². The van der Waals surface area contributed by atoms with Crippen LogP contribution in [0.25, 0.3) is 0 Å². The SMILES string of the molecule is CC1CCCN(CCOc2ccc(NC(=O)Nc3cc(C(C)(C)C)on3)cc2)C1. The van der Waals surface area contributed by atoms with Crippen LogP contribution in [0, 0.1) is 5.92 Å². The molecular formula is C22H32N4O3. The Hall–Kier alpha value is -2.54. The second kappa shape index (κ2) is 9.31. The maximum atomic E-state index is 12.2. The van der Waals surface area contributed by atoms with E-state index in [4.69, 9.17) is 9.26 Å². The minimum atomic E-state index is -0.369. The van der Waals surface area contributed by atoms with Crippen molar-refractivity contribution in [3.8, 4) is 5.75 Å². The number of likely N-dealkylation sites (tertiary alicyclic amines) is 1. The van der Waals surface area contributed by atoms with E-state index < -0.39 is 0 Å². The molecule has 2 amide bonds. The van der Waals surface area contributed by atoms with E-state index in [-0.39, 0.29) is 11.4 Å². The number of hydrogen-bond donors (Lipinski definition) is 2. The number of amides is 2. The number of urea groups is 1. The Morgan fingerprint density at radius 3 is 2.69 bits per heavy atom. The lowest BCUT2D eigenvalue weighted by Crippen LogP contribution is -2.37. The van der Waals surface area contributed by atoms with Gasteiger partial charge in [-0.25, -0.2) is 4.79 Å². The maximum Gasteiger partial charge on any atom is 0.324 e. The van der Waals surface area contributed by atoms with Crippen LogP contribution in [0.5, 0.6) is 5.75 Å². The van der Waals surface area contributed by atoms with Gasteiger partial charge >= 0.3 is 6.03 Å². The van der Waals surface area contributed by atoms with Crippen molar-refractivity contribution in [2.75, 3.05) is 36.9 Å². The van der Waals surface area contributed by atoms with Crippen molar-refractivity contribution in [2.45, 2.75) is 46.0 Å². The van der Waals surface area contributed by atoms with Crippen LogP contribution < -0.4 is 15.4 Å². The smallest absolute Gasteiger partial charge is 0.324 e. The number of carbonyl (C=O) groups is 1. The largest absolute Gasteiger partial charge is 0.492 e. The summed E-state index contributed by atoms with van der Waals surface area (Å²) in [5.41, 5.74) is 0.519. The number of ether oxygens (including phenoxy) is 1. The molecule has 2 N–H and O–H groups in total. The molecule has 1 saturated heterocycles. The summed E-state index contributed by atoms with van der Waals surface area (Å²) in [7, 11) is 0. The van der Waals surface area contributed by atoms with E-state index in [9.17, 15) is 4.79 Å². The number of nitrogens with zero attached hydrogens (tertiary/aromatic N) is 2. The standard InChI is InChI=1S/C22H32N4O3/c1-16-6-5-11-26(15-16)12-13-28-18-9-7-17(8-10-18)23-21(27)24-20-14-19(29-25-20)22(2,3)4/h7-10,14,16H,5-6,11-13,15H2,1-4H3,(H2,23,24,25,27). The first kappa shape index (κ1) is 21.2. The molecule has 7 heteroatoms. The lowest BCUT2D eigenvalue weighted by atomic mass is 9.93. The van der Waals surface area contributed by atoms with Crippen molar-refractivity contribution < 1.29 is 14.1 Å². The molecule has 0 bridgehead atoms. The van der Waals surface area contributed by atoms with Gasteiger partial charge in [0.25, 0.3) is 0 Å². The van der Waals surface area contributed by atoms with Gasteiger partial charge in [-0.15, -0.1) is 0 Å². The second-order valence-electron chi connectivity index (χ2n) is 8.83. The summed E-state index contributed by atoms with van der Waals surface area (Å²) in [4.78, 5) is 14.6. The minimum Gasteiger partial charge on any atom is -0.492 e. The van der Waals surface area contributed by atoms with Crippen LogP contribution in [0.15, 0.2) is 34.9 Å². The summed E-state index contributed by atoms with van der Waals surface area (Å²) in [5.74, 6) is 2.68. The molecule has 1 fully saturated rings. The zero-order valence-electron chi connectivity index (χ0n) is 17.8. The Morgan fingerprint density at radius 1 is 1.28 bits per heavy atom. The van der Waals surface area contributed by atoms with Gasteiger partial charge in [-0.05, 0) is 49.6 Å². The number of aromatic nitrogens is 1. The lowest BCUT2D eigenvalue weighted by molar-refractivity contribution is 0.153. The third-order valence-corrected chi connectivity index (χ3v) is 5.02. The monoisotopic (exact) mass is 400 g/mol. The number of nitrogens with one attached hydrogen (secondary N) is 2. The van der Waals surface area contributed by atoms with E-state index in [1.807, 2.05) is 45.0 Å². The van der Waals surface area contributed by atoms with Crippen LogP contribution in [-0.2, 0) is 5.41 Å². The summed E-state index contributed by atoms with van der Waals surface area (Å²) in [6.45, 7) is 12.3. The first-order valence-electron chi connectivity index (χ1n) is 10.3. The quantitative estimate of drug-likeness (QED) is 0.733. The zero-order valence-corrected chi connectivity index (χ0v) is 17.8. The van der Waals surface area contributed by atoms with E-state index in [2.05, 4.69) is 27.6 Å². The van der Waals surface area contributed by atoms with Gasteiger partial charge in [0, 0.05) is 30.3 Å². The van der Waals surface area contributed by atoms with Crippen LogP contribution >= 0.6 is 0 Å². The average Bonchev–Trinajstić information content (AvgIpc) is 3.12. The summed E-state index contributed by atoms with van der Waals surface area (Å²) in [6.07, 6.45) is 2.60. The predicted octanol–water partition coefficient (Wildman–Crippen LogP) is 4.73. The molecule has 1 aromatic heterocycles. The number of hydrogen-bond acceptors (Lipinski definition) is 5. The Kier molecular flexibility index (Phi) is 6.79. The van der Waals surface area contributed by atoms with Gasteiger partial charge in [0.1, 0.15) is 18.1 Å². The Balaban J connectivity index is 1.42. The van der Waals surface area contributed by atoms with Crippen molar-refractivity contribution in [3.63, 3.8) is 0 Å². The van der Waals surface area contributed by atoms with Crippen molar-refractivity contribution >= 4 is 17.5 Å². The van der Waals surface area contributed by atoms with E-state index in [0.29, 0.717) is 23.9 Å². The van der Waals surface area contributed by atoms with Gasteiger partial charge in [-0.2, -0.15) is 0 Å². The number of carbonyl (C=O) groups excluding carboxylic acids is 1. The van der Waals surface area contributed by atoms with Gasteiger partial charge in [-0.3, -0.25) is 10.2 Å². The average molecular weight is 401 g/mol. The molecule has 0 spiro atoms. The molecule has 0 saturated carbocycles. The summed E-state index contributed by atoms with van der Waals surface area (Å²) in [6, 6.07) is 8.73. The summed E-state index contributed by atoms with van der Waals surface area (Å²) in [5, 5.41) is 9.35. The van der Waals surface area contributed by atoms with Crippen molar-refractivity contribution in [2.24, 2.45) is 5.92 Å². The van der Waals surface area contributed by atoms with Crippen molar-refractivity contribution in [1.29, 1.82) is 0 Å². The van der Waals surface area contributed by atoms with Crippen LogP contribution in [-0.4, -0.2) is 42.3 Å². The highest BCUT2D eigenvalue weighted by Gasteiger charge is 2.20. The fourth-order valence-electron chi connectivity index (χ4n) is 3.38. The van der Waals surface area contributed by atoms with Gasteiger partial charge in [0.05, 0.1) is 0 Å². The molecule has 158 valence electrons. The number of anilines is 2. The zero-order chi connectivity index (χ0) is 20.9. The Labute approximate surface area is 172 Å². The predicted molar refractivity (Wildman–Crippen MR) is 115 cm³/mol. The van der Waals surface area contributed by atoms with Crippen LogP contribution in [0.3, 0.4) is 0 Å². The molecule has 0 aliphatic carbocycles. The lowest BCUT2D eigenvalue weighted by Gasteiger charge is -2.30. The Morgan fingerprint density at radius 2 is 2.03 bits per heavy atom. The minimum absolute atomic E-state index is 0.161. The van der Waals surface area contributed by atoms with Gasteiger partial charge in [0.15, 0.2) is 5.82 Å². The topological polar surface area (TPSA) is 79.6 Å². The fourth-order valence-corrected chi connectivity index (χ4v) is 3.38. The molecule has 7 nitrogen and oxygen atoms in total. The molecule has 1 atom stereocenters. The molecule has 1 aliphatic rings. The van der Waals surface area contributed by atoms with Crippen molar-refractivity contribution in [3.05, 3.63) is 36.1 Å². The highest BCUT2D eigenvalue weighted by Crippen LogP contribution is 2.24. The van der Waals surface area contributed by atoms with E-state index in [1.54, 1.807) is 6.07 Å². The molecule has 1 aromatic carbocycles. The molecule has 2 heterocycles. The Bertz CT molecular complexity index is 795. The molecule has 29 heavy (non-hydrogen) atoms. The van der Waals surface area contributed by atoms with Crippen molar-refractivity contribution in [1.82, 2.24) is 10.1 Å². The van der Waals surface area contributed by atoms with E-state index in [0.717, 1.165) is 31.3 Å². The second-order valence-corrected chi connectivity index (χ2v) is 8.83. The summed E-state index contributed by atoms with van der Waals surface area (Å²) < 4.78 is 11.1. The third-order valence-electron chi connectivity index (χ3n) is 5.02. The number of benzene rings is 1. The molecule has 0 radical (unpaired) electrons. The van der Waals surface area contributed by atoms with Crippen LogP contribution in [0.4, 0.5) is 16.3 Å². The van der Waals surface area contributed by atoms with Crippen LogP contribution in [0.1, 0.15) is 46.3 Å². The normalized spacial score (nSPS) is 17.7. The van der Waals surface area contributed by atoms with Gasteiger partial charge in [-0.1, -0.05) is 32.9 Å². The number of piperidine rings is 1. The fraction of sp³-hybridized carbons (Fsp3) is 0.545. The highest BCUT2D eigenvalue weighted by atomic mass is 16.5. The first-order chi connectivity index (χ1) is 13.8. The molecule has 3 rings (SSSR count). The molecule has 2 aromatic rings. The molecule has 1 unspecified atom stereocenters. The molecule has 1 aliphatic heterocycles. The third kappa shape index (κ3) is 6.49. The van der Waals surface area contributed by atoms with E-state index >= 15 is 0 Å². The highest BCUT2D eigenvalue weighted by molar-refractivity contribution is 5.99. The molecular weight excluding hydrogens is 368 g/mol. The summed E-state index contributed by atoms with van der Waals surface area (Å²) >= 11 is 0. The maximum absolute atomic E-state index is 12.2. The van der Waals surface area contributed by atoms with Gasteiger partial charge in [0.2, 0.25) is 0 Å². The van der Waals surface area contributed by atoms with Crippen LogP contribution in [0.2, 0.25) is 0 Å².